The summed E-state index contributed by atoms with van der Waals surface area (Å²) in [5, 5.41) is 3.66. The van der Waals surface area contributed by atoms with Gasteiger partial charge in [0, 0.05) is 18.6 Å². The fourth-order valence-electron chi connectivity index (χ4n) is 4.19. The molecule has 0 aromatic heterocycles. The van der Waals surface area contributed by atoms with E-state index >= 15 is 0 Å². The lowest BCUT2D eigenvalue weighted by Gasteiger charge is -2.45. The van der Waals surface area contributed by atoms with Crippen molar-refractivity contribution >= 4 is 0 Å². The predicted molar refractivity (Wildman–Crippen MR) is 78.9 cm³/mol. The van der Waals surface area contributed by atoms with E-state index in [1.54, 1.807) is 0 Å². The first-order valence-electron chi connectivity index (χ1n) is 8.23. The van der Waals surface area contributed by atoms with Crippen LogP contribution >= 0.6 is 0 Å². The topological polar surface area (TPSA) is 15.3 Å². The van der Waals surface area contributed by atoms with Crippen LogP contribution in [0.15, 0.2) is 0 Å². The highest BCUT2D eigenvalue weighted by atomic mass is 15.2. The minimum absolute atomic E-state index is 0.759. The molecule has 4 atom stereocenters. The van der Waals surface area contributed by atoms with Crippen LogP contribution in [-0.4, -0.2) is 36.6 Å². The van der Waals surface area contributed by atoms with Crippen LogP contribution in [0.5, 0.6) is 0 Å². The van der Waals surface area contributed by atoms with E-state index in [0.717, 1.165) is 30.5 Å². The van der Waals surface area contributed by atoms with E-state index in [1.165, 1.54) is 51.6 Å². The molecule has 0 bridgehead atoms. The minimum Gasteiger partial charge on any atom is -0.314 e. The van der Waals surface area contributed by atoms with Crippen molar-refractivity contribution in [3.63, 3.8) is 0 Å². The summed E-state index contributed by atoms with van der Waals surface area (Å²) >= 11 is 0. The second kappa shape index (κ2) is 6.91. The molecule has 0 aromatic rings. The third-order valence-electron chi connectivity index (χ3n) is 5.27. The minimum atomic E-state index is 0.759. The molecule has 1 aliphatic carbocycles. The lowest BCUT2D eigenvalue weighted by molar-refractivity contribution is 0.0502. The first-order valence-corrected chi connectivity index (χ1v) is 8.23. The number of nitrogens with zero attached hydrogens (tertiary/aromatic N) is 1. The maximum atomic E-state index is 3.66. The summed E-state index contributed by atoms with van der Waals surface area (Å²) in [6.45, 7) is 10.8. The van der Waals surface area contributed by atoms with Gasteiger partial charge in [0.2, 0.25) is 0 Å². The molecular weight excluding hydrogens is 220 g/mol. The van der Waals surface area contributed by atoms with E-state index in [2.05, 4.69) is 31.0 Å². The lowest BCUT2D eigenvalue weighted by Crippen LogP contribution is -2.53. The molecule has 1 heterocycles. The van der Waals surface area contributed by atoms with Crippen LogP contribution in [-0.2, 0) is 0 Å². The van der Waals surface area contributed by atoms with Crippen LogP contribution in [0, 0.1) is 11.8 Å². The zero-order valence-electron chi connectivity index (χ0n) is 12.6. The monoisotopic (exact) mass is 252 g/mol. The molecule has 2 aliphatic rings. The van der Waals surface area contributed by atoms with E-state index in [9.17, 15) is 0 Å². The van der Waals surface area contributed by atoms with Gasteiger partial charge >= 0.3 is 0 Å². The highest BCUT2D eigenvalue weighted by Gasteiger charge is 2.33. The standard InChI is InChI=1S/C16H32N2/c1-4-14-8-6-7-9-16(14)18-11-10-15(17-5-2)13(3)12-18/h13-17H,4-12H2,1-3H3. The summed E-state index contributed by atoms with van der Waals surface area (Å²) in [5.41, 5.74) is 0. The van der Waals surface area contributed by atoms with Gasteiger partial charge in [0.1, 0.15) is 0 Å². The third-order valence-corrected chi connectivity index (χ3v) is 5.27. The van der Waals surface area contributed by atoms with Gasteiger partial charge in [-0.2, -0.15) is 0 Å². The average Bonchev–Trinajstić information content (AvgIpc) is 2.41. The molecule has 1 aliphatic heterocycles. The molecule has 2 fully saturated rings. The number of hydrogen-bond donors (Lipinski definition) is 1. The zero-order chi connectivity index (χ0) is 13.0. The van der Waals surface area contributed by atoms with Crippen LogP contribution < -0.4 is 5.32 Å². The third kappa shape index (κ3) is 3.27. The van der Waals surface area contributed by atoms with Gasteiger partial charge in [0.25, 0.3) is 0 Å². The van der Waals surface area contributed by atoms with E-state index in [1.807, 2.05) is 0 Å². The first-order chi connectivity index (χ1) is 8.76. The maximum absolute atomic E-state index is 3.66. The number of nitrogens with one attached hydrogen (secondary N) is 1. The Kier molecular flexibility index (Phi) is 5.50. The predicted octanol–water partition coefficient (Wildman–Crippen LogP) is 3.28. The number of piperidine rings is 1. The molecule has 2 rings (SSSR count). The molecule has 18 heavy (non-hydrogen) atoms. The molecule has 0 amide bonds. The van der Waals surface area contributed by atoms with Gasteiger partial charge in [-0.25, -0.2) is 0 Å². The Morgan fingerprint density at radius 3 is 2.56 bits per heavy atom. The van der Waals surface area contributed by atoms with Crippen LogP contribution in [0.2, 0.25) is 0 Å². The maximum Gasteiger partial charge on any atom is 0.0123 e. The Bertz CT molecular complexity index is 241. The molecule has 1 saturated carbocycles. The summed E-state index contributed by atoms with van der Waals surface area (Å²) in [5.74, 6) is 1.79. The molecule has 2 nitrogen and oxygen atoms in total. The molecule has 0 aromatic carbocycles. The second-order valence-corrected chi connectivity index (χ2v) is 6.45. The van der Waals surface area contributed by atoms with E-state index in [-0.39, 0.29) is 0 Å². The van der Waals surface area contributed by atoms with Gasteiger partial charge in [-0.3, -0.25) is 4.90 Å². The molecular formula is C16H32N2. The first kappa shape index (κ1) is 14.3. The van der Waals surface area contributed by atoms with Gasteiger partial charge < -0.3 is 5.32 Å². The average molecular weight is 252 g/mol. The van der Waals surface area contributed by atoms with Gasteiger partial charge in [-0.05, 0) is 44.2 Å². The summed E-state index contributed by atoms with van der Waals surface area (Å²) in [6, 6.07) is 1.66. The van der Waals surface area contributed by atoms with Crippen molar-refractivity contribution in [2.45, 2.75) is 71.4 Å². The SMILES string of the molecule is CCNC1CCN(C2CCCCC2CC)CC1C. The quantitative estimate of drug-likeness (QED) is 0.826. The van der Waals surface area contributed by atoms with E-state index < -0.39 is 0 Å². The highest BCUT2D eigenvalue weighted by Crippen LogP contribution is 2.33. The normalized spacial score (nSPS) is 38.8. The smallest absolute Gasteiger partial charge is 0.0123 e. The van der Waals surface area contributed by atoms with Crippen molar-refractivity contribution in [1.82, 2.24) is 10.2 Å². The number of hydrogen-bond acceptors (Lipinski definition) is 2. The zero-order valence-corrected chi connectivity index (χ0v) is 12.6. The van der Waals surface area contributed by atoms with Crippen molar-refractivity contribution in [2.75, 3.05) is 19.6 Å². The van der Waals surface area contributed by atoms with Gasteiger partial charge in [-0.1, -0.05) is 40.0 Å². The molecule has 0 spiro atoms. The molecule has 1 saturated heterocycles. The summed E-state index contributed by atoms with van der Waals surface area (Å²) in [6.07, 6.45) is 8.59. The van der Waals surface area contributed by atoms with Crippen molar-refractivity contribution < 1.29 is 0 Å². The van der Waals surface area contributed by atoms with Crippen LogP contribution in [0.4, 0.5) is 0 Å². The summed E-state index contributed by atoms with van der Waals surface area (Å²) < 4.78 is 0. The Morgan fingerprint density at radius 1 is 1.11 bits per heavy atom. The van der Waals surface area contributed by atoms with Gasteiger partial charge in [0.05, 0.1) is 0 Å². The number of rotatable bonds is 4. The van der Waals surface area contributed by atoms with Crippen molar-refractivity contribution in [1.29, 1.82) is 0 Å². The fourth-order valence-corrected chi connectivity index (χ4v) is 4.19. The number of likely N-dealkylation sites (tertiary alicyclic amines) is 1. The highest BCUT2D eigenvalue weighted by molar-refractivity contribution is 4.89. The Hall–Kier alpha value is -0.0800. The molecule has 106 valence electrons. The van der Waals surface area contributed by atoms with E-state index in [4.69, 9.17) is 0 Å². The van der Waals surface area contributed by atoms with Crippen LogP contribution in [0.25, 0.3) is 0 Å². The molecule has 0 radical (unpaired) electrons. The van der Waals surface area contributed by atoms with Gasteiger partial charge in [0.15, 0.2) is 0 Å². The van der Waals surface area contributed by atoms with Crippen molar-refractivity contribution in [3.05, 3.63) is 0 Å². The lowest BCUT2D eigenvalue weighted by atomic mass is 9.80. The largest absolute Gasteiger partial charge is 0.314 e. The van der Waals surface area contributed by atoms with Crippen molar-refractivity contribution in [3.8, 4) is 0 Å². The Morgan fingerprint density at radius 2 is 1.89 bits per heavy atom. The Balaban J connectivity index is 1.90. The van der Waals surface area contributed by atoms with E-state index in [0.29, 0.717) is 0 Å². The van der Waals surface area contributed by atoms with Gasteiger partial charge in [-0.15, -0.1) is 0 Å². The summed E-state index contributed by atoms with van der Waals surface area (Å²) in [7, 11) is 0. The van der Waals surface area contributed by atoms with Crippen LogP contribution in [0.3, 0.4) is 0 Å². The Labute approximate surface area is 114 Å². The van der Waals surface area contributed by atoms with Crippen LogP contribution in [0.1, 0.15) is 59.3 Å². The summed E-state index contributed by atoms with van der Waals surface area (Å²) in [4.78, 5) is 2.83. The van der Waals surface area contributed by atoms with Crippen molar-refractivity contribution in [2.24, 2.45) is 11.8 Å². The molecule has 2 heteroatoms. The molecule has 1 N–H and O–H groups in total. The fraction of sp³-hybridized carbons (Fsp3) is 1.00. The molecule has 4 unspecified atom stereocenters. The second-order valence-electron chi connectivity index (χ2n) is 6.45.